The van der Waals surface area contributed by atoms with Crippen LogP contribution >= 0.6 is 0 Å². The molecule has 1 amide bonds. The van der Waals surface area contributed by atoms with Gasteiger partial charge in [-0.2, -0.15) is 0 Å². The minimum Gasteiger partial charge on any atom is -0.356 e. The molecule has 0 aromatic heterocycles. The molecule has 2 atom stereocenters. The van der Waals surface area contributed by atoms with Gasteiger partial charge in [-0.15, -0.1) is 0 Å². The van der Waals surface area contributed by atoms with Gasteiger partial charge in [0.1, 0.15) is 0 Å². The van der Waals surface area contributed by atoms with Crippen LogP contribution in [0.3, 0.4) is 0 Å². The smallest absolute Gasteiger partial charge is 0.223 e. The Bertz CT molecular complexity index is 348. The lowest BCUT2D eigenvalue weighted by atomic mass is 10.1. The van der Waals surface area contributed by atoms with Crippen LogP contribution in [-0.4, -0.2) is 48.2 Å². The van der Waals surface area contributed by atoms with Gasteiger partial charge < -0.3 is 14.4 Å². The second kappa shape index (κ2) is 7.18. The van der Waals surface area contributed by atoms with E-state index in [0.717, 1.165) is 12.8 Å². The summed E-state index contributed by atoms with van der Waals surface area (Å²) in [5, 5.41) is 0. The van der Waals surface area contributed by atoms with Crippen molar-refractivity contribution in [2.75, 3.05) is 13.7 Å². The molecule has 1 heterocycles. The monoisotopic (exact) mass is 285 g/mol. The molecule has 0 N–H and O–H groups in total. The molecule has 0 radical (unpaired) electrons. The van der Waals surface area contributed by atoms with Gasteiger partial charge in [0.05, 0.1) is 11.6 Å². The van der Waals surface area contributed by atoms with E-state index in [1.165, 1.54) is 0 Å². The van der Waals surface area contributed by atoms with E-state index in [9.17, 15) is 9.59 Å². The normalized spacial score (nSPS) is 21.1. The van der Waals surface area contributed by atoms with Crippen LogP contribution in [0.2, 0.25) is 0 Å². The van der Waals surface area contributed by atoms with Crippen LogP contribution in [-0.2, 0) is 19.1 Å². The predicted molar refractivity (Wildman–Crippen MR) is 76.3 cm³/mol. The summed E-state index contributed by atoms with van der Waals surface area (Å²) in [6, 6.07) is -0.230. The van der Waals surface area contributed by atoms with Gasteiger partial charge in [-0.25, -0.2) is 0 Å². The first-order valence-corrected chi connectivity index (χ1v) is 7.25. The summed E-state index contributed by atoms with van der Waals surface area (Å²) in [5.74, 6) is 0.0901. The Balaban J connectivity index is 2.47. The molecular weight excluding hydrogens is 258 g/mol. The number of methoxy groups -OCH3 is 1. The van der Waals surface area contributed by atoms with Crippen LogP contribution in [0.1, 0.15) is 53.4 Å². The summed E-state index contributed by atoms with van der Waals surface area (Å²) in [6.07, 6.45) is 2.15. The molecule has 0 aliphatic carbocycles. The lowest BCUT2D eigenvalue weighted by Gasteiger charge is -2.27. The molecule has 0 spiro atoms. The van der Waals surface area contributed by atoms with E-state index in [1.54, 1.807) is 18.9 Å². The fraction of sp³-hybridized carbons (Fsp3) is 0.867. The van der Waals surface area contributed by atoms with Crippen molar-refractivity contribution < 1.29 is 19.1 Å². The molecule has 0 aromatic carbocycles. The Labute approximate surface area is 121 Å². The second-order valence-electron chi connectivity index (χ2n) is 6.29. The molecule has 1 rings (SSSR count). The van der Waals surface area contributed by atoms with Gasteiger partial charge in [0, 0.05) is 26.5 Å². The third kappa shape index (κ3) is 5.21. The maximum Gasteiger partial charge on any atom is 0.223 e. The minimum absolute atomic E-state index is 0.0160. The summed E-state index contributed by atoms with van der Waals surface area (Å²) in [4.78, 5) is 25.4. The van der Waals surface area contributed by atoms with Gasteiger partial charge in [-0.3, -0.25) is 9.59 Å². The Kier molecular flexibility index (Phi) is 6.14. The van der Waals surface area contributed by atoms with Crippen molar-refractivity contribution in [2.24, 2.45) is 0 Å². The fourth-order valence-corrected chi connectivity index (χ4v) is 2.49. The molecule has 1 saturated heterocycles. The predicted octanol–water partition coefficient (Wildman–Crippen LogP) is 2.13. The summed E-state index contributed by atoms with van der Waals surface area (Å²) >= 11 is 0. The number of amides is 1. The van der Waals surface area contributed by atoms with Crippen LogP contribution < -0.4 is 0 Å². The maximum atomic E-state index is 12.2. The van der Waals surface area contributed by atoms with Crippen LogP contribution in [0.4, 0.5) is 0 Å². The zero-order chi connectivity index (χ0) is 15.3. The molecule has 0 saturated carbocycles. The molecular formula is C15H27NO4. The Hall–Kier alpha value is -0.940. The number of ether oxygens (including phenoxy) is 2. The van der Waals surface area contributed by atoms with Gasteiger partial charge in [0.15, 0.2) is 12.1 Å². The number of carbonyl (C=O) groups is 2. The highest BCUT2D eigenvalue weighted by molar-refractivity contribution is 5.88. The van der Waals surface area contributed by atoms with Crippen molar-refractivity contribution in [3.05, 3.63) is 0 Å². The fourth-order valence-electron chi connectivity index (χ4n) is 2.49. The summed E-state index contributed by atoms with van der Waals surface area (Å²) in [7, 11) is 1.58. The Morgan fingerprint density at radius 2 is 2.00 bits per heavy atom. The number of rotatable bonds is 6. The highest BCUT2D eigenvalue weighted by Crippen LogP contribution is 2.21. The molecule has 116 valence electrons. The van der Waals surface area contributed by atoms with Gasteiger partial charge in [-0.05, 0) is 40.5 Å². The molecule has 5 nitrogen and oxygen atoms in total. The molecule has 1 unspecified atom stereocenters. The topological polar surface area (TPSA) is 55.8 Å². The number of hydrogen-bond acceptors (Lipinski definition) is 4. The van der Waals surface area contributed by atoms with Crippen molar-refractivity contribution in [3.8, 4) is 0 Å². The van der Waals surface area contributed by atoms with Crippen LogP contribution in [0.25, 0.3) is 0 Å². The quantitative estimate of drug-likeness (QED) is 0.702. The number of likely N-dealkylation sites (tertiary alicyclic amines) is 1. The molecule has 1 fully saturated rings. The number of Topliss-reactive ketones (excluding diaryl/α,β-unsaturated/α-hetero) is 1. The third-order valence-electron chi connectivity index (χ3n) is 3.38. The number of hydrogen-bond donors (Lipinski definition) is 0. The minimum atomic E-state index is -0.391. The van der Waals surface area contributed by atoms with E-state index in [0.29, 0.717) is 19.4 Å². The lowest BCUT2D eigenvalue weighted by Crippen LogP contribution is -2.40. The SMILES string of the molecule is COC(CCC(=O)N1CCC[C@H]1C(C)=O)OC(C)(C)C. The second-order valence-corrected chi connectivity index (χ2v) is 6.29. The average Bonchev–Trinajstić information content (AvgIpc) is 2.81. The Morgan fingerprint density at radius 3 is 2.50 bits per heavy atom. The molecule has 20 heavy (non-hydrogen) atoms. The van der Waals surface area contributed by atoms with Crippen LogP contribution in [0.5, 0.6) is 0 Å². The summed E-state index contributed by atoms with van der Waals surface area (Å²) in [6.45, 7) is 8.09. The van der Waals surface area contributed by atoms with Crippen molar-refractivity contribution in [2.45, 2.75) is 71.3 Å². The largest absolute Gasteiger partial charge is 0.356 e. The highest BCUT2D eigenvalue weighted by Gasteiger charge is 2.32. The first-order chi connectivity index (χ1) is 9.24. The Morgan fingerprint density at radius 1 is 1.35 bits per heavy atom. The van der Waals surface area contributed by atoms with Gasteiger partial charge >= 0.3 is 0 Å². The molecule has 1 aliphatic heterocycles. The van der Waals surface area contributed by atoms with Gasteiger partial charge in [0.25, 0.3) is 0 Å². The summed E-state index contributed by atoms with van der Waals surface area (Å²) in [5.41, 5.74) is -0.306. The van der Waals surface area contributed by atoms with Crippen molar-refractivity contribution in [1.29, 1.82) is 0 Å². The molecule has 5 heteroatoms. The zero-order valence-corrected chi connectivity index (χ0v) is 13.3. The first-order valence-electron chi connectivity index (χ1n) is 7.25. The maximum absolute atomic E-state index is 12.2. The van der Waals surface area contributed by atoms with Crippen molar-refractivity contribution in [1.82, 2.24) is 4.90 Å². The van der Waals surface area contributed by atoms with Crippen LogP contribution in [0.15, 0.2) is 0 Å². The van der Waals surface area contributed by atoms with Crippen molar-refractivity contribution >= 4 is 11.7 Å². The van der Waals surface area contributed by atoms with E-state index in [4.69, 9.17) is 9.47 Å². The molecule has 0 bridgehead atoms. The third-order valence-corrected chi connectivity index (χ3v) is 3.38. The van der Waals surface area contributed by atoms with Gasteiger partial charge in [-0.1, -0.05) is 0 Å². The highest BCUT2D eigenvalue weighted by atomic mass is 16.7. The first kappa shape index (κ1) is 17.1. The standard InChI is InChI=1S/C15H27NO4/c1-11(17)12-7-6-10-16(12)13(18)8-9-14(19-5)20-15(2,3)4/h12,14H,6-10H2,1-5H3/t12-,14?/m0/s1. The molecule has 0 aromatic rings. The summed E-state index contributed by atoms with van der Waals surface area (Å²) < 4.78 is 11.0. The number of ketones is 1. The molecule has 1 aliphatic rings. The van der Waals surface area contributed by atoms with E-state index in [2.05, 4.69) is 0 Å². The van der Waals surface area contributed by atoms with Crippen LogP contribution in [0, 0.1) is 0 Å². The average molecular weight is 285 g/mol. The van der Waals surface area contributed by atoms with E-state index >= 15 is 0 Å². The van der Waals surface area contributed by atoms with Gasteiger partial charge in [0.2, 0.25) is 5.91 Å². The zero-order valence-electron chi connectivity index (χ0n) is 13.3. The van der Waals surface area contributed by atoms with E-state index < -0.39 is 6.29 Å². The van der Waals surface area contributed by atoms with E-state index in [1.807, 2.05) is 20.8 Å². The van der Waals surface area contributed by atoms with E-state index in [-0.39, 0.29) is 23.3 Å². The number of carbonyl (C=O) groups excluding carboxylic acids is 2. The lowest BCUT2D eigenvalue weighted by molar-refractivity contribution is -0.186. The van der Waals surface area contributed by atoms with Crippen molar-refractivity contribution in [3.63, 3.8) is 0 Å². The number of nitrogens with zero attached hydrogens (tertiary/aromatic N) is 1.